The topological polar surface area (TPSA) is 96.6 Å². The first kappa shape index (κ1) is 23.2. The van der Waals surface area contributed by atoms with E-state index in [1.807, 2.05) is 10.3 Å². The van der Waals surface area contributed by atoms with Crippen molar-refractivity contribution >= 4 is 67.0 Å². The zero-order valence-electron chi connectivity index (χ0n) is 16.2. The molecule has 1 fully saturated rings. The second kappa shape index (κ2) is 9.12. The third-order valence-electron chi connectivity index (χ3n) is 4.91. The number of nitro benzene ring substituents is 1. The maximum Gasteiger partial charge on any atom is 0.289 e. The summed E-state index contributed by atoms with van der Waals surface area (Å²) in [5.74, 6) is 0. The second-order valence-corrected chi connectivity index (χ2v) is 11.0. The van der Waals surface area contributed by atoms with Crippen LogP contribution in [0.3, 0.4) is 0 Å². The van der Waals surface area contributed by atoms with Crippen molar-refractivity contribution in [2.75, 3.05) is 31.1 Å². The first-order valence-electron chi connectivity index (χ1n) is 9.26. The molecule has 1 saturated heterocycles. The number of hydrogen-bond donors (Lipinski definition) is 0. The summed E-state index contributed by atoms with van der Waals surface area (Å²) in [6.45, 7) is 1.30. The Balaban J connectivity index is 1.48. The molecule has 0 radical (unpaired) electrons. The summed E-state index contributed by atoms with van der Waals surface area (Å²) in [6.07, 6.45) is 0. The zero-order chi connectivity index (χ0) is 23.0. The maximum absolute atomic E-state index is 13.0. The Morgan fingerprint density at radius 2 is 1.66 bits per heavy atom. The number of rotatable bonds is 5. The predicted molar refractivity (Wildman–Crippen MR) is 127 cm³/mol. The molecule has 1 aliphatic heterocycles. The summed E-state index contributed by atoms with van der Waals surface area (Å²) in [4.78, 5) is 16.9. The monoisotopic (exact) mass is 532 g/mol. The molecule has 0 N–H and O–H groups in total. The molecule has 0 unspecified atom stereocenters. The summed E-state index contributed by atoms with van der Waals surface area (Å²) in [7, 11) is -3.89. The van der Waals surface area contributed by atoms with Crippen molar-refractivity contribution in [3.63, 3.8) is 0 Å². The molecule has 32 heavy (non-hydrogen) atoms. The van der Waals surface area contributed by atoms with Gasteiger partial charge in [0.05, 0.1) is 15.5 Å². The molecule has 0 amide bonds. The van der Waals surface area contributed by atoms with Gasteiger partial charge in [-0.05, 0) is 30.3 Å². The van der Waals surface area contributed by atoms with Gasteiger partial charge in [-0.25, -0.2) is 13.4 Å². The van der Waals surface area contributed by atoms with Crippen molar-refractivity contribution in [1.29, 1.82) is 0 Å². The molecule has 4 rings (SSSR count). The summed E-state index contributed by atoms with van der Waals surface area (Å²) in [5.41, 5.74) is 1.09. The van der Waals surface area contributed by atoms with E-state index in [2.05, 4.69) is 4.98 Å². The van der Waals surface area contributed by atoms with E-state index in [1.54, 1.807) is 18.2 Å². The van der Waals surface area contributed by atoms with E-state index in [1.165, 1.54) is 27.8 Å². The first-order chi connectivity index (χ1) is 15.1. The number of sulfonamides is 1. The molecule has 0 spiro atoms. The number of thiazole rings is 1. The Kier molecular flexibility index (Phi) is 6.62. The molecule has 8 nitrogen and oxygen atoms in total. The highest BCUT2D eigenvalue weighted by atomic mass is 35.5. The van der Waals surface area contributed by atoms with Gasteiger partial charge in [-0.1, -0.05) is 34.8 Å². The number of halogens is 3. The molecule has 0 atom stereocenters. The van der Waals surface area contributed by atoms with Gasteiger partial charge in [0.1, 0.15) is 5.02 Å². The number of nitrogens with zero attached hydrogens (tertiary/aromatic N) is 4. The third-order valence-corrected chi connectivity index (χ3v) is 8.46. The minimum atomic E-state index is -3.89. The lowest BCUT2D eigenvalue weighted by Gasteiger charge is -2.33. The quantitative estimate of drug-likeness (QED) is 0.331. The molecule has 3 aromatic rings. The van der Waals surface area contributed by atoms with E-state index in [9.17, 15) is 18.5 Å². The van der Waals surface area contributed by atoms with Crippen LogP contribution < -0.4 is 4.90 Å². The summed E-state index contributed by atoms with van der Waals surface area (Å²) in [5, 5.41) is 14.7. The van der Waals surface area contributed by atoms with E-state index in [-0.39, 0.29) is 23.0 Å². The lowest BCUT2D eigenvalue weighted by atomic mass is 10.2. The van der Waals surface area contributed by atoms with Crippen LogP contribution in [0.1, 0.15) is 0 Å². The standard InChI is InChI=1S/C19H15Cl3N4O4S2/c20-13-7-12(8-14(21)9-13)17-11-31-19(23-17)24-3-5-25(6-4-24)32(29,30)15-1-2-16(22)18(10-15)26(27)28/h1-2,7-11H,3-6H2. The molecule has 0 bridgehead atoms. The fourth-order valence-corrected chi connectivity index (χ4v) is 6.35. The molecule has 0 aliphatic carbocycles. The van der Waals surface area contributed by atoms with Gasteiger partial charge in [-0.3, -0.25) is 10.1 Å². The minimum absolute atomic E-state index is 0.112. The molecule has 1 aromatic heterocycles. The van der Waals surface area contributed by atoms with Crippen molar-refractivity contribution in [3.05, 3.63) is 67.0 Å². The van der Waals surface area contributed by atoms with Crippen LogP contribution in [0, 0.1) is 10.1 Å². The second-order valence-electron chi connectivity index (χ2n) is 6.93. The fraction of sp³-hybridized carbons (Fsp3) is 0.211. The highest BCUT2D eigenvalue weighted by Crippen LogP contribution is 2.33. The van der Waals surface area contributed by atoms with Gasteiger partial charge in [0.25, 0.3) is 5.69 Å². The average Bonchev–Trinajstić information content (AvgIpc) is 3.23. The van der Waals surface area contributed by atoms with Gasteiger partial charge >= 0.3 is 0 Å². The number of benzene rings is 2. The zero-order valence-corrected chi connectivity index (χ0v) is 20.1. The Hall–Kier alpha value is -1.95. The van der Waals surface area contributed by atoms with Crippen molar-refractivity contribution in [3.8, 4) is 11.3 Å². The molecule has 0 saturated carbocycles. The van der Waals surface area contributed by atoms with Crippen LogP contribution >= 0.6 is 46.1 Å². The normalized spacial score (nSPS) is 15.2. The van der Waals surface area contributed by atoms with Crippen LogP contribution in [0.4, 0.5) is 10.8 Å². The van der Waals surface area contributed by atoms with Crippen LogP contribution in [0.5, 0.6) is 0 Å². The van der Waals surface area contributed by atoms with E-state index in [4.69, 9.17) is 34.8 Å². The Morgan fingerprint density at radius 1 is 1.00 bits per heavy atom. The van der Waals surface area contributed by atoms with Crippen LogP contribution in [-0.2, 0) is 10.0 Å². The lowest BCUT2D eigenvalue weighted by Crippen LogP contribution is -2.48. The molecular weight excluding hydrogens is 519 g/mol. The molecule has 13 heteroatoms. The van der Waals surface area contributed by atoms with Gasteiger partial charge in [0.2, 0.25) is 10.0 Å². The number of aromatic nitrogens is 1. The number of hydrogen-bond acceptors (Lipinski definition) is 7. The average molecular weight is 534 g/mol. The number of anilines is 1. The summed E-state index contributed by atoms with van der Waals surface area (Å²) in [6, 6.07) is 8.70. The molecular formula is C19H15Cl3N4O4S2. The largest absolute Gasteiger partial charge is 0.345 e. The molecule has 2 heterocycles. The SMILES string of the molecule is O=[N+]([O-])c1cc(S(=O)(=O)N2CCN(c3nc(-c4cc(Cl)cc(Cl)c4)cs3)CC2)ccc1Cl. The first-order valence-corrected chi connectivity index (χ1v) is 12.7. The predicted octanol–water partition coefficient (Wildman–Crippen LogP) is 5.19. The van der Waals surface area contributed by atoms with Crippen molar-refractivity contribution in [2.45, 2.75) is 4.90 Å². The highest BCUT2D eigenvalue weighted by molar-refractivity contribution is 7.89. The van der Waals surface area contributed by atoms with Gasteiger partial charge in [-0.2, -0.15) is 4.31 Å². The van der Waals surface area contributed by atoms with Gasteiger partial charge < -0.3 is 4.90 Å². The van der Waals surface area contributed by atoms with Gasteiger partial charge in [-0.15, -0.1) is 11.3 Å². The molecule has 168 valence electrons. The fourth-order valence-electron chi connectivity index (χ4n) is 3.31. The van der Waals surface area contributed by atoms with Crippen LogP contribution in [0.2, 0.25) is 15.1 Å². The van der Waals surface area contributed by atoms with Crippen LogP contribution in [0.15, 0.2) is 46.7 Å². The van der Waals surface area contributed by atoms with E-state index >= 15 is 0 Å². The van der Waals surface area contributed by atoms with Crippen molar-refractivity contribution < 1.29 is 13.3 Å². The van der Waals surface area contributed by atoms with Crippen LogP contribution in [-0.4, -0.2) is 48.8 Å². The Bertz CT molecular complexity index is 1270. The molecule has 2 aromatic carbocycles. The number of piperazine rings is 1. The Morgan fingerprint density at radius 3 is 2.28 bits per heavy atom. The lowest BCUT2D eigenvalue weighted by molar-refractivity contribution is -0.384. The van der Waals surface area contributed by atoms with Crippen molar-refractivity contribution in [2.24, 2.45) is 0 Å². The smallest absolute Gasteiger partial charge is 0.289 e. The van der Waals surface area contributed by atoms with Crippen LogP contribution in [0.25, 0.3) is 11.3 Å². The third kappa shape index (κ3) is 4.70. The molecule has 1 aliphatic rings. The summed E-state index contributed by atoms with van der Waals surface area (Å²) >= 11 is 19.4. The van der Waals surface area contributed by atoms with E-state index < -0.39 is 20.6 Å². The van der Waals surface area contributed by atoms with E-state index in [0.29, 0.717) is 23.1 Å². The van der Waals surface area contributed by atoms with E-state index in [0.717, 1.165) is 22.5 Å². The summed E-state index contributed by atoms with van der Waals surface area (Å²) < 4.78 is 27.3. The minimum Gasteiger partial charge on any atom is -0.345 e. The van der Waals surface area contributed by atoms with Gasteiger partial charge in [0.15, 0.2) is 5.13 Å². The maximum atomic E-state index is 13.0. The van der Waals surface area contributed by atoms with Gasteiger partial charge in [0, 0.05) is 53.2 Å². The Labute approximate surface area is 203 Å². The van der Waals surface area contributed by atoms with Crippen molar-refractivity contribution in [1.82, 2.24) is 9.29 Å². The highest BCUT2D eigenvalue weighted by Gasteiger charge is 2.31. The number of nitro groups is 1.